The summed E-state index contributed by atoms with van der Waals surface area (Å²) < 4.78 is 0. The van der Waals surface area contributed by atoms with Gasteiger partial charge in [0.15, 0.2) is 0 Å². The summed E-state index contributed by atoms with van der Waals surface area (Å²) >= 11 is 0. The predicted octanol–water partition coefficient (Wildman–Crippen LogP) is 0.941. The van der Waals surface area contributed by atoms with Crippen molar-refractivity contribution < 1.29 is 14.7 Å². The van der Waals surface area contributed by atoms with Gasteiger partial charge in [-0.25, -0.2) is 4.79 Å². The molecule has 0 aromatic heterocycles. The van der Waals surface area contributed by atoms with Gasteiger partial charge in [0.25, 0.3) is 0 Å². The number of carboxylic acid groups (broad SMARTS) is 1. The quantitative estimate of drug-likeness (QED) is 0.748. The molecular formula is C15H20N2O3. The predicted molar refractivity (Wildman–Crippen MR) is 75.4 cm³/mol. The lowest BCUT2D eigenvalue weighted by atomic mass is 9.98. The lowest BCUT2D eigenvalue weighted by Gasteiger charge is -2.25. The zero-order valence-corrected chi connectivity index (χ0v) is 11.6. The third-order valence-corrected chi connectivity index (χ3v) is 3.76. The van der Waals surface area contributed by atoms with Crippen LogP contribution in [0.25, 0.3) is 0 Å². The fourth-order valence-corrected chi connectivity index (χ4v) is 2.46. The molecule has 1 aliphatic heterocycles. The third-order valence-electron chi connectivity index (χ3n) is 3.76. The highest BCUT2D eigenvalue weighted by atomic mass is 16.4. The highest BCUT2D eigenvalue weighted by Crippen LogP contribution is 2.19. The second-order valence-electron chi connectivity index (χ2n) is 5.42. The minimum Gasteiger partial charge on any atom is -0.480 e. The van der Waals surface area contributed by atoms with Crippen molar-refractivity contribution in [2.75, 3.05) is 6.54 Å². The van der Waals surface area contributed by atoms with Crippen LogP contribution in [0.2, 0.25) is 0 Å². The van der Waals surface area contributed by atoms with Gasteiger partial charge in [-0.15, -0.1) is 0 Å². The van der Waals surface area contributed by atoms with Gasteiger partial charge in [-0.1, -0.05) is 30.3 Å². The van der Waals surface area contributed by atoms with Gasteiger partial charge in [0.05, 0.1) is 5.54 Å². The molecule has 0 aliphatic carbocycles. The van der Waals surface area contributed by atoms with Crippen molar-refractivity contribution in [2.45, 2.75) is 37.8 Å². The standard InChI is InChI=1S/C15H20N2O3/c1-15(8-5-9-16-15)14(20)17-12(13(18)19)10-11-6-3-2-4-7-11/h2-4,6-7,12,16H,5,8-10H2,1H3,(H,17,20)(H,18,19)/t12-,15+/m0/s1. The maximum atomic E-state index is 12.2. The Labute approximate surface area is 118 Å². The molecule has 1 fully saturated rings. The minimum absolute atomic E-state index is 0.238. The smallest absolute Gasteiger partial charge is 0.326 e. The van der Waals surface area contributed by atoms with E-state index in [0.29, 0.717) is 0 Å². The van der Waals surface area contributed by atoms with Gasteiger partial charge in [0.2, 0.25) is 5.91 Å². The van der Waals surface area contributed by atoms with E-state index >= 15 is 0 Å². The summed E-state index contributed by atoms with van der Waals surface area (Å²) in [5.74, 6) is -1.25. The van der Waals surface area contributed by atoms with Gasteiger partial charge in [-0.05, 0) is 31.9 Å². The second-order valence-corrected chi connectivity index (χ2v) is 5.42. The van der Waals surface area contributed by atoms with Crippen molar-refractivity contribution in [3.8, 4) is 0 Å². The van der Waals surface area contributed by atoms with E-state index in [0.717, 1.165) is 24.9 Å². The number of hydrogen-bond acceptors (Lipinski definition) is 3. The number of amides is 1. The van der Waals surface area contributed by atoms with Gasteiger partial charge in [-0.3, -0.25) is 4.79 Å². The Morgan fingerprint density at radius 2 is 2.10 bits per heavy atom. The Morgan fingerprint density at radius 1 is 1.40 bits per heavy atom. The number of nitrogens with one attached hydrogen (secondary N) is 2. The van der Waals surface area contributed by atoms with Crippen LogP contribution >= 0.6 is 0 Å². The first kappa shape index (κ1) is 14.5. The van der Waals surface area contributed by atoms with Crippen LogP contribution in [0.3, 0.4) is 0 Å². The maximum Gasteiger partial charge on any atom is 0.326 e. The highest BCUT2D eigenvalue weighted by molar-refractivity contribution is 5.90. The van der Waals surface area contributed by atoms with Crippen LogP contribution in [0.5, 0.6) is 0 Å². The number of carbonyl (C=O) groups excluding carboxylic acids is 1. The molecule has 1 amide bonds. The highest BCUT2D eigenvalue weighted by Gasteiger charge is 2.37. The Balaban J connectivity index is 2.02. The molecule has 0 bridgehead atoms. The van der Waals surface area contributed by atoms with Crippen LogP contribution in [-0.4, -0.2) is 35.1 Å². The SMILES string of the molecule is C[C@]1(C(=O)N[C@@H](Cc2ccccc2)C(=O)O)CCCN1. The van der Waals surface area contributed by atoms with Crippen LogP contribution in [0.4, 0.5) is 0 Å². The molecular weight excluding hydrogens is 256 g/mol. The number of carbonyl (C=O) groups is 2. The molecule has 1 aromatic rings. The van der Waals surface area contributed by atoms with Gasteiger partial charge in [-0.2, -0.15) is 0 Å². The van der Waals surface area contributed by atoms with E-state index in [1.165, 1.54) is 0 Å². The molecule has 1 aliphatic rings. The molecule has 5 nitrogen and oxygen atoms in total. The second kappa shape index (κ2) is 6.05. The first-order valence-corrected chi connectivity index (χ1v) is 6.84. The largest absolute Gasteiger partial charge is 0.480 e. The third kappa shape index (κ3) is 3.36. The van der Waals surface area contributed by atoms with Crippen molar-refractivity contribution in [3.63, 3.8) is 0 Å². The Morgan fingerprint density at radius 3 is 2.65 bits per heavy atom. The lowest BCUT2D eigenvalue weighted by Crippen LogP contribution is -2.55. The number of aliphatic carboxylic acids is 1. The molecule has 5 heteroatoms. The molecule has 0 radical (unpaired) electrons. The van der Waals surface area contributed by atoms with Crippen LogP contribution in [0.15, 0.2) is 30.3 Å². The van der Waals surface area contributed by atoms with Gasteiger partial charge in [0, 0.05) is 6.42 Å². The summed E-state index contributed by atoms with van der Waals surface area (Å²) in [6.45, 7) is 2.61. The van der Waals surface area contributed by atoms with Gasteiger partial charge in [0.1, 0.15) is 6.04 Å². The fraction of sp³-hybridized carbons (Fsp3) is 0.467. The molecule has 0 saturated carbocycles. The van der Waals surface area contributed by atoms with E-state index in [2.05, 4.69) is 10.6 Å². The topological polar surface area (TPSA) is 78.4 Å². The molecule has 1 heterocycles. The minimum atomic E-state index is -1.01. The lowest BCUT2D eigenvalue weighted by molar-refractivity contribution is -0.142. The number of rotatable bonds is 5. The summed E-state index contributed by atoms with van der Waals surface area (Å²) in [7, 11) is 0. The Kier molecular flexibility index (Phi) is 4.39. The normalized spacial score (nSPS) is 23.2. The van der Waals surface area contributed by atoms with Crippen molar-refractivity contribution in [1.82, 2.24) is 10.6 Å². The van der Waals surface area contributed by atoms with Crippen LogP contribution in [-0.2, 0) is 16.0 Å². The Bertz CT molecular complexity index is 481. The maximum absolute atomic E-state index is 12.2. The molecule has 1 saturated heterocycles. The average Bonchev–Trinajstić information content (AvgIpc) is 2.87. The molecule has 1 aromatic carbocycles. The van der Waals surface area contributed by atoms with E-state index < -0.39 is 17.6 Å². The molecule has 108 valence electrons. The first-order valence-electron chi connectivity index (χ1n) is 6.84. The summed E-state index contributed by atoms with van der Waals surface area (Å²) in [6, 6.07) is 8.41. The summed E-state index contributed by atoms with van der Waals surface area (Å²) in [5.41, 5.74) is 0.245. The molecule has 3 N–H and O–H groups in total. The number of hydrogen-bond donors (Lipinski definition) is 3. The molecule has 0 spiro atoms. The fourth-order valence-electron chi connectivity index (χ4n) is 2.46. The van der Waals surface area contributed by atoms with Gasteiger partial charge < -0.3 is 15.7 Å². The van der Waals surface area contributed by atoms with E-state index in [1.54, 1.807) is 0 Å². The molecule has 2 rings (SSSR count). The zero-order valence-electron chi connectivity index (χ0n) is 11.6. The van der Waals surface area contributed by atoms with Crippen molar-refractivity contribution >= 4 is 11.9 Å². The van der Waals surface area contributed by atoms with E-state index in [9.17, 15) is 14.7 Å². The monoisotopic (exact) mass is 276 g/mol. The van der Waals surface area contributed by atoms with Crippen LogP contribution in [0.1, 0.15) is 25.3 Å². The van der Waals surface area contributed by atoms with Crippen molar-refractivity contribution in [3.05, 3.63) is 35.9 Å². The first-order chi connectivity index (χ1) is 9.51. The summed E-state index contributed by atoms with van der Waals surface area (Å²) in [4.78, 5) is 23.6. The average molecular weight is 276 g/mol. The van der Waals surface area contributed by atoms with E-state index in [-0.39, 0.29) is 12.3 Å². The van der Waals surface area contributed by atoms with Crippen LogP contribution in [0, 0.1) is 0 Å². The van der Waals surface area contributed by atoms with E-state index in [4.69, 9.17) is 0 Å². The molecule has 20 heavy (non-hydrogen) atoms. The summed E-state index contributed by atoms with van der Waals surface area (Å²) in [6.07, 6.45) is 1.95. The van der Waals surface area contributed by atoms with Crippen molar-refractivity contribution in [1.29, 1.82) is 0 Å². The Hall–Kier alpha value is -1.88. The molecule has 2 atom stereocenters. The molecule has 0 unspecified atom stereocenters. The summed E-state index contributed by atoms with van der Waals surface area (Å²) in [5, 5.41) is 15.1. The van der Waals surface area contributed by atoms with Crippen LogP contribution < -0.4 is 10.6 Å². The number of carboxylic acids is 1. The van der Waals surface area contributed by atoms with Gasteiger partial charge >= 0.3 is 5.97 Å². The number of benzene rings is 1. The zero-order chi connectivity index (χ0) is 14.6. The van der Waals surface area contributed by atoms with Crippen molar-refractivity contribution in [2.24, 2.45) is 0 Å². The van der Waals surface area contributed by atoms with E-state index in [1.807, 2.05) is 37.3 Å².